The molecule has 0 saturated heterocycles. The van der Waals surface area contributed by atoms with E-state index < -0.39 is 5.41 Å². The van der Waals surface area contributed by atoms with Crippen molar-refractivity contribution in [3.63, 3.8) is 0 Å². The molecule has 1 aliphatic carbocycles. The van der Waals surface area contributed by atoms with Gasteiger partial charge in [-0.3, -0.25) is 0 Å². The van der Waals surface area contributed by atoms with Crippen LogP contribution < -0.4 is 5.73 Å². The van der Waals surface area contributed by atoms with Gasteiger partial charge in [0.15, 0.2) is 11.5 Å². The van der Waals surface area contributed by atoms with E-state index in [1.807, 2.05) is 4.57 Å². The topological polar surface area (TPSA) is 110 Å². The maximum absolute atomic E-state index is 9.30. The molecule has 90 valence electrons. The fourth-order valence-electron chi connectivity index (χ4n) is 2.21. The Morgan fingerprint density at radius 2 is 2.12 bits per heavy atom. The Bertz CT molecular complexity index is 563. The molecule has 1 fully saturated rings. The summed E-state index contributed by atoms with van der Waals surface area (Å²) in [7, 11) is 0. The van der Waals surface area contributed by atoms with Gasteiger partial charge in [0.25, 0.3) is 0 Å². The van der Waals surface area contributed by atoms with Gasteiger partial charge in [0.2, 0.25) is 0 Å². The molecule has 2 heterocycles. The molecular formula is C10H13N5O2. The van der Waals surface area contributed by atoms with Crippen LogP contribution in [0.5, 0.6) is 0 Å². The van der Waals surface area contributed by atoms with Crippen molar-refractivity contribution in [1.29, 1.82) is 0 Å². The van der Waals surface area contributed by atoms with E-state index in [1.165, 1.54) is 6.33 Å². The Labute approximate surface area is 96.9 Å². The van der Waals surface area contributed by atoms with E-state index >= 15 is 0 Å². The van der Waals surface area contributed by atoms with Crippen molar-refractivity contribution in [2.45, 2.75) is 12.5 Å². The summed E-state index contributed by atoms with van der Waals surface area (Å²) < 4.78 is 1.85. The van der Waals surface area contributed by atoms with Gasteiger partial charge in [-0.1, -0.05) is 0 Å². The number of nitrogen functional groups attached to an aromatic ring is 1. The number of anilines is 1. The van der Waals surface area contributed by atoms with Gasteiger partial charge in [-0.15, -0.1) is 0 Å². The lowest BCUT2D eigenvalue weighted by molar-refractivity contribution is 0.123. The largest absolute Gasteiger partial charge is 0.396 e. The van der Waals surface area contributed by atoms with Gasteiger partial charge in [-0.25, -0.2) is 15.0 Å². The van der Waals surface area contributed by atoms with Crippen molar-refractivity contribution >= 4 is 17.0 Å². The molecule has 0 aromatic carbocycles. The predicted molar refractivity (Wildman–Crippen MR) is 60.0 cm³/mol. The smallest absolute Gasteiger partial charge is 0.165 e. The van der Waals surface area contributed by atoms with E-state index in [1.54, 1.807) is 6.33 Å². The fourth-order valence-corrected chi connectivity index (χ4v) is 2.21. The maximum Gasteiger partial charge on any atom is 0.165 e. The molecular weight excluding hydrogens is 222 g/mol. The van der Waals surface area contributed by atoms with Crippen molar-refractivity contribution in [1.82, 2.24) is 19.5 Å². The molecule has 0 bridgehead atoms. The Morgan fingerprint density at radius 1 is 1.35 bits per heavy atom. The number of nitrogens with two attached hydrogens (primary N) is 1. The quantitative estimate of drug-likeness (QED) is 0.650. The van der Waals surface area contributed by atoms with Gasteiger partial charge in [0.1, 0.15) is 11.8 Å². The van der Waals surface area contributed by atoms with Crippen molar-refractivity contribution < 1.29 is 10.2 Å². The second kappa shape index (κ2) is 3.38. The number of hydrogen-bond donors (Lipinski definition) is 3. The molecule has 7 heteroatoms. The van der Waals surface area contributed by atoms with Gasteiger partial charge in [-0.05, 0) is 6.42 Å². The van der Waals surface area contributed by atoms with Crippen LogP contribution in [-0.2, 0) is 0 Å². The second-order valence-electron chi connectivity index (χ2n) is 4.48. The van der Waals surface area contributed by atoms with E-state index in [0.29, 0.717) is 17.0 Å². The van der Waals surface area contributed by atoms with Crippen molar-refractivity contribution in [2.24, 2.45) is 5.41 Å². The Hall–Kier alpha value is -1.73. The number of aromatic nitrogens is 4. The van der Waals surface area contributed by atoms with Crippen LogP contribution in [-0.4, -0.2) is 42.9 Å². The van der Waals surface area contributed by atoms with Crippen LogP contribution in [0.25, 0.3) is 11.2 Å². The first-order valence-electron chi connectivity index (χ1n) is 5.36. The van der Waals surface area contributed by atoms with E-state index in [-0.39, 0.29) is 19.3 Å². The highest BCUT2D eigenvalue weighted by atomic mass is 16.3. The van der Waals surface area contributed by atoms with E-state index in [2.05, 4.69) is 15.0 Å². The first kappa shape index (κ1) is 10.4. The zero-order valence-electron chi connectivity index (χ0n) is 9.11. The number of nitrogens with zero attached hydrogens (tertiary/aromatic N) is 4. The van der Waals surface area contributed by atoms with Crippen LogP contribution in [0.15, 0.2) is 12.7 Å². The summed E-state index contributed by atoms with van der Waals surface area (Å²) in [6.45, 7) is -0.0944. The highest BCUT2D eigenvalue weighted by Crippen LogP contribution is 2.56. The summed E-state index contributed by atoms with van der Waals surface area (Å²) in [5.74, 6) is 0.341. The third kappa shape index (κ3) is 1.32. The third-order valence-electron chi connectivity index (χ3n) is 3.50. The average Bonchev–Trinajstić information content (AvgIpc) is 2.93. The molecule has 17 heavy (non-hydrogen) atoms. The molecule has 1 aliphatic rings. The zero-order chi connectivity index (χ0) is 12.0. The molecule has 2 aromatic rings. The Balaban J connectivity index is 2.06. The SMILES string of the molecule is Nc1ncnc2c1ncn2C1CC1(CO)CO. The van der Waals surface area contributed by atoms with Crippen LogP contribution in [0.2, 0.25) is 0 Å². The Kier molecular flexibility index (Phi) is 2.07. The lowest BCUT2D eigenvalue weighted by Crippen LogP contribution is -2.16. The van der Waals surface area contributed by atoms with Gasteiger partial charge in [-0.2, -0.15) is 0 Å². The fraction of sp³-hybridized carbons (Fsp3) is 0.500. The molecule has 1 saturated carbocycles. The summed E-state index contributed by atoms with van der Waals surface area (Å²) in [5.41, 5.74) is 6.45. The third-order valence-corrected chi connectivity index (χ3v) is 3.50. The molecule has 0 radical (unpaired) electrons. The summed E-state index contributed by atoms with van der Waals surface area (Å²) in [4.78, 5) is 12.2. The number of hydrogen-bond acceptors (Lipinski definition) is 6. The lowest BCUT2D eigenvalue weighted by Gasteiger charge is -2.11. The molecule has 0 amide bonds. The van der Waals surface area contributed by atoms with E-state index in [9.17, 15) is 10.2 Å². The average molecular weight is 235 g/mol. The van der Waals surface area contributed by atoms with E-state index in [4.69, 9.17) is 5.73 Å². The van der Waals surface area contributed by atoms with Gasteiger partial charge in [0, 0.05) is 11.5 Å². The molecule has 4 N–H and O–H groups in total. The zero-order valence-corrected chi connectivity index (χ0v) is 9.11. The monoisotopic (exact) mass is 235 g/mol. The second-order valence-corrected chi connectivity index (χ2v) is 4.48. The summed E-state index contributed by atoms with van der Waals surface area (Å²) in [6, 6.07) is 0.0248. The first-order chi connectivity index (χ1) is 8.22. The molecule has 7 nitrogen and oxygen atoms in total. The van der Waals surface area contributed by atoms with Crippen LogP contribution in [0, 0.1) is 5.41 Å². The molecule has 0 aliphatic heterocycles. The minimum absolute atomic E-state index is 0.0248. The highest BCUT2D eigenvalue weighted by Gasteiger charge is 2.55. The number of fused-ring (bicyclic) bond motifs is 1. The van der Waals surface area contributed by atoms with Gasteiger partial charge in [0.05, 0.1) is 19.5 Å². The first-order valence-corrected chi connectivity index (χ1v) is 5.36. The number of aliphatic hydroxyl groups excluding tert-OH is 2. The number of aliphatic hydroxyl groups is 2. The van der Waals surface area contributed by atoms with E-state index in [0.717, 1.165) is 6.42 Å². The molecule has 0 spiro atoms. The van der Waals surface area contributed by atoms with Crippen molar-refractivity contribution in [3.8, 4) is 0 Å². The predicted octanol–water partition coefficient (Wildman–Crippen LogP) is -0.676. The standard InChI is InChI=1S/C10H13N5O2/c11-8-7-9(13-4-12-8)15(5-14-7)6-1-10(6,2-16)3-17/h4-6,16-17H,1-3H2,(H2,11,12,13). The molecule has 1 unspecified atom stereocenters. The minimum Gasteiger partial charge on any atom is -0.396 e. The van der Waals surface area contributed by atoms with Gasteiger partial charge >= 0.3 is 0 Å². The van der Waals surface area contributed by atoms with Crippen molar-refractivity contribution in [2.75, 3.05) is 18.9 Å². The normalized spacial score (nSPS) is 21.9. The maximum atomic E-state index is 9.30. The summed E-state index contributed by atoms with van der Waals surface area (Å²) >= 11 is 0. The Morgan fingerprint density at radius 3 is 2.76 bits per heavy atom. The summed E-state index contributed by atoms with van der Waals surface area (Å²) in [6.07, 6.45) is 3.74. The minimum atomic E-state index is -0.451. The molecule has 2 aromatic heterocycles. The molecule has 3 rings (SSSR count). The van der Waals surface area contributed by atoms with Crippen LogP contribution in [0.1, 0.15) is 12.5 Å². The van der Waals surface area contributed by atoms with Crippen molar-refractivity contribution in [3.05, 3.63) is 12.7 Å². The number of rotatable bonds is 3. The van der Waals surface area contributed by atoms with Crippen LogP contribution in [0.4, 0.5) is 5.82 Å². The summed E-state index contributed by atoms with van der Waals surface area (Å²) in [5, 5.41) is 18.6. The highest BCUT2D eigenvalue weighted by molar-refractivity contribution is 5.81. The van der Waals surface area contributed by atoms with Crippen LogP contribution >= 0.6 is 0 Å². The molecule has 1 atom stereocenters. The van der Waals surface area contributed by atoms with Crippen LogP contribution in [0.3, 0.4) is 0 Å². The van der Waals surface area contributed by atoms with Gasteiger partial charge < -0.3 is 20.5 Å². The lowest BCUT2D eigenvalue weighted by atomic mass is 10.1. The number of imidazole rings is 1.